The molecule has 1 N–H and O–H groups in total. The Morgan fingerprint density at radius 3 is 1.83 bits per heavy atom. The molecule has 6 heteroatoms. The van der Waals surface area contributed by atoms with Crippen LogP contribution >= 0.6 is 0 Å². The molecular formula is C17H34O6. The van der Waals surface area contributed by atoms with Gasteiger partial charge in [-0.3, -0.25) is 4.79 Å². The first-order chi connectivity index (χ1) is 11.0. The second kappa shape index (κ2) is 13.7. The lowest BCUT2D eigenvalue weighted by atomic mass is 9.94. The average molecular weight is 334 g/mol. The van der Waals surface area contributed by atoms with E-state index >= 15 is 0 Å². The summed E-state index contributed by atoms with van der Waals surface area (Å²) in [4.78, 5) is 32.5. The van der Waals surface area contributed by atoms with Crippen molar-refractivity contribution in [1.29, 1.82) is 0 Å². The van der Waals surface area contributed by atoms with Gasteiger partial charge in [0, 0.05) is 6.42 Å². The predicted molar refractivity (Wildman–Crippen MR) is 87.6 cm³/mol. The van der Waals surface area contributed by atoms with Gasteiger partial charge in [-0.05, 0) is 26.2 Å². The van der Waals surface area contributed by atoms with E-state index in [1.165, 1.54) is 0 Å². The first kappa shape index (κ1) is 22.3. The number of carbonyl (C=O) groups is 1. The van der Waals surface area contributed by atoms with Gasteiger partial charge in [-0.25, -0.2) is 9.78 Å². The van der Waals surface area contributed by atoms with Crippen LogP contribution in [0.4, 0.5) is 0 Å². The number of rotatable bonds is 16. The average Bonchev–Trinajstić information content (AvgIpc) is 2.52. The molecule has 0 spiro atoms. The Kier molecular flexibility index (Phi) is 13.3. The van der Waals surface area contributed by atoms with E-state index in [9.17, 15) is 9.90 Å². The van der Waals surface area contributed by atoms with Crippen LogP contribution in [0.5, 0.6) is 0 Å². The normalized spacial score (nSPS) is 13.2. The maximum absolute atomic E-state index is 11.4. The summed E-state index contributed by atoms with van der Waals surface area (Å²) in [7, 11) is 0. The molecule has 0 aliphatic heterocycles. The van der Waals surface area contributed by atoms with Crippen LogP contribution in [0.15, 0.2) is 0 Å². The maximum atomic E-state index is 11.4. The summed E-state index contributed by atoms with van der Waals surface area (Å²) in [5.41, 5.74) is 0. The Bertz CT molecular complexity index is 283. The van der Waals surface area contributed by atoms with Crippen molar-refractivity contribution in [3.63, 3.8) is 0 Å². The molecule has 0 saturated carbocycles. The third-order valence-electron chi connectivity index (χ3n) is 3.51. The fourth-order valence-corrected chi connectivity index (χ4v) is 2.03. The summed E-state index contributed by atoms with van der Waals surface area (Å²) in [5.74, 6) is -2.62. The largest absolute Gasteiger partial charge is 0.481 e. The highest BCUT2D eigenvalue weighted by Crippen LogP contribution is 2.27. The van der Waals surface area contributed by atoms with Gasteiger partial charge in [0.15, 0.2) is 0 Å². The minimum Gasteiger partial charge on any atom is -0.481 e. The summed E-state index contributed by atoms with van der Waals surface area (Å²) in [6.07, 6.45) is 6.27. The topological polar surface area (TPSA) is 74.2 Å². The standard InChI is InChI=1S/C17H34O6/c1-5-8-11-15(16(18)19)14-17(4,22-20-12-9-6-2)23-21-13-10-7-3/h15H,5-14H2,1-4H3,(H,18,19). The monoisotopic (exact) mass is 334 g/mol. The molecule has 0 aromatic rings. The number of hydrogen-bond acceptors (Lipinski definition) is 5. The van der Waals surface area contributed by atoms with Crippen molar-refractivity contribution in [2.24, 2.45) is 5.92 Å². The van der Waals surface area contributed by atoms with Gasteiger partial charge in [-0.15, -0.1) is 0 Å². The minimum atomic E-state index is -1.22. The van der Waals surface area contributed by atoms with Crippen LogP contribution in [-0.2, 0) is 24.3 Å². The van der Waals surface area contributed by atoms with Gasteiger partial charge in [-0.1, -0.05) is 46.5 Å². The van der Waals surface area contributed by atoms with Gasteiger partial charge in [0.25, 0.3) is 0 Å². The van der Waals surface area contributed by atoms with Crippen LogP contribution in [0.2, 0.25) is 0 Å². The summed E-state index contributed by atoms with van der Waals surface area (Å²) < 4.78 is 0. The zero-order chi connectivity index (χ0) is 17.6. The Morgan fingerprint density at radius 1 is 0.957 bits per heavy atom. The fraction of sp³-hybridized carbons (Fsp3) is 0.941. The third-order valence-corrected chi connectivity index (χ3v) is 3.51. The van der Waals surface area contributed by atoms with E-state index in [0.29, 0.717) is 19.6 Å². The molecule has 0 aromatic heterocycles. The summed E-state index contributed by atoms with van der Waals surface area (Å²) >= 11 is 0. The van der Waals surface area contributed by atoms with Crippen molar-refractivity contribution in [2.75, 3.05) is 13.2 Å². The van der Waals surface area contributed by atoms with Crippen molar-refractivity contribution < 1.29 is 29.5 Å². The van der Waals surface area contributed by atoms with Crippen molar-refractivity contribution >= 4 is 5.97 Å². The zero-order valence-electron chi connectivity index (χ0n) is 15.1. The van der Waals surface area contributed by atoms with Gasteiger partial charge in [0.05, 0.1) is 19.1 Å². The van der Waals surface area contributed by atoms with Crippen molar-refractivity contribution in [2.45, 2.75) is 84.8 Å². The van der Waals surface area contributed by atoms with E-state index in [-0.39, 0.29) is 6.42 Å². The summed E-state index contributed by atoms with van der Waals surface area (Å²) in [6.45, 7) is 8.68. The Balaban J connectivity index is 4.60. The van der Waals surface area contributed by atoms with Gasteiger partial charge in [0.2, 0.25) is 5.79 Å². The molecule has 138 valence electrons. The Hall–Kier alpha value is -0.690. The van der Waals surface area contributed by atoms with E-state index in [2.05, 4.69) is 13.8 Å². The van der Waals surface area contributed by atoms with Gasteiger partial charge >= 0.3 is 5.97 Å². The Morgan fingerprint density at radius 2 is 1.43 bits per heavy atom. The van der Waals surface area contributed by atoms with Crippen molar-refractivity contribution in [3.05, 3.63) is 0 Å². The second-order valence-electron chi connectivity index (χ2n) is 6.03. The zero-order valence-corrected chi connectivity index (χ0v) is 15.1. The second-order valence-corrected chi connectivity index (χ2v) is 6.03. The fourth-order valence-electron chi connectivity index (χ4n) is 2.03. The lowest BCUT2D eigenvalue weighted by molar-refractivity contribution is -0.509. The van der Waals surface area contributed by atoms with E-state index in [1.807, 2.05) is 6.92 Å². The summed E-state index contributed by atoms with van der Waals surface area (Å²) in [6, 6.07) is 0. The van der Waals surface area contributed by atoms with Crippen molar-refractivity contribution in [1.82, 2.24) is 0 Å². The molecule has 0 heterocycles. The highest BCUT2D eigenvalue weighted by Gasteiger charge is 2.36. The molecule has 0 amide bonds. The van der Waals surface area contributed by atoms with E-state index in [0.717, 1.165) is 38.5 Å². The number of unbranched alkanes of at least 4 members (excludes halogenated alkanes) is 3. The lowest BCUT2D eigenvalue weighted by Crippen LogP contribution is -2.37. The number of hydrogen-bond donors (Lipinski definition) is 1. The third kappa shape index (κ3) is 11.5. The van der Waals surface area contributed by atoms with Gasteiger partial charge < -0.3 is 5.11 Å². The molecule has 6 nitrogen and oxygen atoms in total. The van der Waals surface area contributed by atoms with Crippen LogP contribution < -0.4 is 0 Å². The predicted octanol–water partition coefficient (Wildman–Crippen LogP) is 4.48. The highest BCUT2D eigenvalue weighted by molar-refractivity contribution is 5.70. The molecule has 0 radical (unpaired) electrons. The van der Waals surface area contributed by atoms with Crippen LogP contribution in [-0.4, -0.2) is 30.1 Å². The molecule has 1 atom stereocenters. The van der Waals surface area contributed by atoms with E-state index in [4.69, 9.17) is 19.6 Å². The van der Waals surface area contributed by atoms with Crippen molar-refractivity contribution in [3.8, 4) is 0 Å². The van der Waals surface area contributed by atoms with E-state index < -0.39 is 17.7 Å². The molecule has 0 rings (SSSR count). The smallest absolute Gasteiger partial charge is 0.306 e. The molecule has 0 saturated heterocycles. The van der Waals surface area contributed by atoms with E-state index in [1.54, 1.807) is 6.92 Å². The highest BCUT2D eigenvalue weighted by atomic mass is 17.3. The SMILES string of the molecule is CCCCOOC(C)(CC(CCCC)C(=O)O)OOCCCC. The molecule has 0 aliphatic carbocycles. The molecule has 0 bridgehead atoms. The lowest BCUT2D eigenvalue weighted by Gasteiger charge is -2.29. The molecule has 23 heavy (non-hydrogen) atoms. The van der Waals surface area contributed by atoms with Gasteiger partial charge in [-0.2, -0.15) is 9.78 Å². The molecular weight excluding hydrogens is 300 g/mol. The summed E-state index contributed by atoms with van der Waals surface area (Å²) in [5, 5.41) is 9.39. The Labute approximate surface area is 140 Å². The molecule has 0 aliphatic rings. The molecule has 0 aromatic carbocycles. The molecule has 1 unspecified atom stereocenters. The first-order valence-electron chi connectivity index (χ1n) is 8.83. The van der Waals surface area contributed by atoms with Crippen LogP contribution in [0.1, 0.15) is 79.1 Å². The molecule has 0 fully saturated rings. The maximum Gasteiger partial charge on any atom is 0.306 e. The van der Waals surface area contributed by atoms with Crippen LogP contribution in [0.25, 0.3) is 0 Å². The van der Waals surface area contributed by atoms with Gasteiger partial charge in [0.1, 0.15) is 0 Å². The quantitative estimate of drug-likeness (QED) is 0.194. The van der Waals surface area contributed by atoms with Crippen LogP contribution in [0.3, 0.4) is 0 Å². The minimum absolute atomic E-state index is 0.181. The first-order valence-corrected chi connectivity index (χ1v) is 8.83. The number of carboxylic acids is 1. The van der Waals surface area contributed by atoms with Crippen LogP contribution in [0, 0.1) is 5.92 Å². The number of carboxylic acid groups (broad SMARTS) is 1. The number of aliphatic carboxylic acids is 1.